The number of aliphatic hydroxyl groups excluding tert-OH is 3. The molecule has 1 fully saturated rings. The van der Waals surface area contributed by atoms with Gasteiger partial charge in [0.05, 0.1) is 19.8 Å². The zero-order chi connectivity index (χ0) is 21.9. The smallest absolute Gasteiger partial charge is 0.114 e. The molecule has 0 radical (unpaired) electrons. The second-order valence-electron chi connectivity index (χ2n) is 8.74. The molecule has 0 aromatic rings. The lowest BCUT2D eigenvalue weighted by Gasteiger charge is -2.23. The molecular weight excluding hydrogens is 380 g/mol. The number of rotatable bonds is 20. The molecule has 0 aromatic carbocycles. The highest BCUT2D eigenvalue weighted by Gasteiger charge is 2.40. The number of unbranched alkanes of at least 4 members (excludes halogenated alkanes) is 13. The van der Waals surface area contributed by atoms with Crippen LogP contribution < -0.4 is 0 Å². The van der Waals surface area contributed by atoms with Crippen LogP contribution >= 0.6 is 0 Å². The first-order chi connectivity index (χ1) is 14.7. The molecule has 0 unspecified atom stereocenters. The van der Waals surface area contributed by atoms with Crippen LogP contribution in [0.2, 0.25) is 0 Å². The summed E-state index contributed by atoms with van der Waals surface area (Å²) in [4.78, 5) is 0. The zero-order valence-corrected chi connectivity index (χ0v) is 19.4. The highest BCUT2D eigenvalue weighted by Crippen LogP contribution is 2.21. The van der Waals surface area contributed by atoms with Crippen molar-refractivity contribution in [1.29, 1.82) is 0 Å². The molecule has 4 atom stereocenters. The number of aliphatic hydroxyl groups is 3. The molecule has 30 heavy (non-hydrogen) atoms. The molecule has 0 saturated carbocycles. The van der Waals surface area contributed by atoms with Gasteiger partial charge in [-0.1, -0.05) is 96.1 Å². The summed E-state index contributed by atoms with van der Waals surface area (Å²) in [7, 11) is 0. The number of hydrogen-bond donors (Lipinski definition) is 3. The van der Waals surface area contributed by atoms with Gasteiger partial charge >= 0.3 is 0 Å². The molecular formula is C25H48O5. The van der Waals surface area contributed by atoms with Crippen molar-refractivity contribution in [3.63, 3.8) is 0 Å². The molecule has 0 bridgehead atoms. The standard InChI is InChI=1S/C25H48O5/c1-2-3-4-5-6-7-8-9-10-11-12-13-14-15-16-17-18-19-29-25-23(28)21-30-24(25)22(27)20-26/h16-17,22-28H,2-15,18-21H2,1H3/b17-16+/t22-,23+,24+,25+/m1/s1. The monoisotopic (exact) mass is 428 g/mol. The molecule has 5 heteroatoms. The average molecular weight is 429 g/mol. The van der Waals surface area contributed by atoms with Crippen molar-refractivity contribution in [2.24, 2.45) is 0 Å². The van der Waals surface area contributed by atoms with Gasteiger partial charge in [-0.15, -0.1) is 0 Å². The molecule has 3 N–H and O–H groups in total. The van der Waals surface area contributed by atoms with Crippen molar-refractivity contribution in [2.45, 2.75) is 128 Å². The Bertz CT molecular complexity index is 401. The van der Waals surface area contributed by atoms with E-state index in [9.17, 15) is 10.2 Å². The summed E-state index contributed by atoms with van der Waals surface area (Å²) < 4.78 is 11.0. The number of hydrogen-bond acceptors (Lipinski definition) is 5. The van der Waals surface area contributed by atoms with E-state index >= 15 is 0 Å². The van der Waals surface area contributed by atoms with Crippen molar-refractivity contribution in [1.82, 2.24) is 0 Å². The normalized spacial score (nSPS) is 22.9. The SMILES string of the molecule is CCCCCCCCCCCCCCC/C=C/CCO[C@@H]1[C@H]([C@H](O)CO)OC[C@@H]1O. The van der Waals surface area contributed by atoms with Gasteiger partial charge in [0, 0.05) is 0 Å². The highest BCUT2D eigenvalue weighted by atomic mass is 16.6. The van der Waals surface area contributed by atoms with E-state index in [1.54, 1.807) is 0 Å². The predicted molar refractivity (Wildman–Crippen MR) is 123 cm³/mol. The Morgan fingerprint density at radius 2 is 1.40 bits per heavy atom. The fraction of sp³-hybridized carbons (Fsp3) is 0.920. The maximum atomic E-state index is 9.89. The molecule has 5 nitrogen and oxygen atoms in total. The van der Waals surface area contributed by atoms with Crippen LogP contribution in [0.25, 0.3) is 0 Å². The summed E-state index contributed by atoms with van der Waals surface area (Å²) in [5, 5.41) is 28.7. The maximum absolute atomic E-state index is 9.89. The number of ether oxygens (including phenoxy) is 2. The lowest BCUT2D eigenvalue weighted by Crippen LogP contribution is -2.42. The van der Waals surface area contributed by atoms with Crippen molar-refractivity contribution in [3.05, 3.63) is 12.2 Å². The van der Waals surface area contributed by atoms with Crippen LogP contribution in [0.15, 0.2) is 12.2 Å². The lowest BCUT2D eigenvalue weighted by atomic mass is 10.0. The topological polar surface area (TPSA) is 79.2 Å². The molecule has 1 heterocycles. The summed E-state index contributed by atoms with van der Waals surface area (Å²) >= 11 is 0. The Balaban J connectivity index is 1.86. The van der Waals surface area contributed by atoms with Gasteiger partial charge in [0.25, 0.3) is 0 Å². The summed E-state index contributed by atoms with van der Waals surface area (Å²) in [6, 6.07) is 0. The molecule has 178 valence electrons. The Morgan fingerprint density at radius 3 is 1.97 bits per heavy atom. The average Bonchev–Trinajstić information content (AvgIpc) is 3.12. The molecule has 1 saturated heterocycles. The fourth-order valence-electron chi connectivity index (χ4n) is 4.05. The second kappa shape index (κ2) is 19.2. The van der Waals surface area contributed by atoms with E-state index in [0.29, 0.717) is 6.61 Å². The van der Waals surface area contributed by atoms with Crippen LogP contribution in [0.1, 0.15) is 103 Å². The molecule has 0 aliphatic carbocycles. The van der Waals surface area contributed by atoms with E-state index < -0.39 is 31.0 Å². The van der Waals surface area contributed by atoms with Crippen LogP contribution in [0.5, 0.6) is 0 Å². The summed E-state index contributed by atoms with van der Waals surface area (Å²) in [6.07, 6.45) is 21.2. The van der Waals surface area contributed by atoms with E-state index in [2.05, 4.69) is 19.1 Å². The molecule has 0 spiro atoms. The summed E-state index contributed by atoms with van der Waals surface area (Å²) in [5.41, 5.74) is 0. The Labute approximate surface area is 184 Å². The van der Waals surface area contributed by atoms with Gasteiger partial charge in [-0.25, -0.2) is 0 Å². The van der Waals surface area contributed by atoms with Crippen molar-refractivity contribution >= 4 is 0 Å². The Hall–Kier alpha value is -0.460. The predicted octanol–water partition coefficient (Wildman–Crippen LogP) is 4.91. The van der Waals surface area contributed by atoms with Crippen LogP contribution in [0.3, 0.4) is 0 Å². The molecule has 1 aliphatic rings. The third kappa shape index (κ3) is 13.1. The minimum absolute atomic E-state index is 0.140. The van der Waals surface area contributed by atoms with Crippen molar-refractivity contribution in [3.8, 4) is 0 Å². The van der Waals surface area contributed by atoms with Crippen LogP contribution in [0, 0.1) is 0 Å². The van der Waals surface area contributed by atoms with Gasteiger partial charge in [0.15, 0.2) is 0 Å². The maximum Gasteiger partial charge on any atom is 0.114 e. The lowest BCUT2D eigenvalue weighted by molar-refractivity contribution is -0.0924. The van der Waals surface area contributed by atoms with Crippen LogP contribution in [-0.2, 0) is 9.47 Å². The first-order valence-corrected chi connectivity index (χ1v) is 12.6. The third-order valence-electron chi connectivity index (χ3n) is 5.96. The highest BCUT2D eigenvalue weighted by molar-refractivity contribution is 4.89. The van der Waals surface area contributed by atoms with Gasteiger partial charge in [-0.05, 0) is 19.3 Å². The van der Waals surface area contributed by atoms with Gasteiger partial charge < -0.3 is 24.8 Å². The minimum atomic E-state index is -1.02. The molecule has 1 rings (SSSR count). The fourth-order valence-corrected chi connectivity index (χ4v) is 4.05. The van der Waals surface area contributed by atoms with E-state index in [0.717, 1.165) is 12.8 Å². The van der Waals surface area contributed by atoms with E-state index in [1.807, 2.05) is 0 Å². The molecule has 1 aliphatic heterocycles. The largest absolute Gasteiger partial charge is 0.394 e. The van der Waals surface area contributed by atoms with Gasteiger partial charge in [-0.3, -0.25) is 0 Å². The first-order valence-electron chi connectivity index (χ1n) is 12.6. The quantitative estimate of drug-likeness (QED) is 0.190. The first kappa shape index (κ1) is 27.6. The van der Waals surface area contributed by atoms with Crippen molar-refractivity contribution in [2.75, 3.05) is 19.8 Å². The van der Waals surface area contributed by atoms with Crippen molar-refractivity contribution < 1.29 is 24.8 Å². The van der Waals surface area contributed by atoms with Crippen LogP contribution in [0.4, 0.5) is 0 Å². The van der Waals surface area contributed by atoms with E-state index in [4.69, 9.17) is 14.6 Å². The van der Waals surface area contributed by atoms with Gasteiger partial charge in [0.1, 0.15) is 24.4 Å². The number of allylic oxidation sites excluding steroid dienone is 1. The molecule has 0 amide bonds. The Kier molecular flexibility index (Phi) is 17.7. The van der Waals surface area contributed by atoms with E-state index in [1.165, 1.54) is 83.5 Å². The zero-order valence-electron chi connectivity index (χ0n) is 19.4. The Morgan fingerprint density at radius 1 is 0.867 bits per heavy atom. The summed E-state index contributed by atoms with van der Waals surface area (Å²) in [6.45, 7) is 2.50. The van der Waals surface area contributed by atoms with E-state index in [-0.39, 0.29) is 6.61 Å². The summed E-state index contributed by atoms with van der Waals surface area (Å²) in [5.74, 6) is 0. The molecule has 0 aromatic heterocycles. The van der Waals surface area contributed by atoms with Crippen LogP contribution in [-0.4, -0.2) is 59.6 Å². The second-order valence-corrected chi connectivity index (χ2v) is 8.74. The van der Waals surface area contributed by atoms with Gasteiger partial charge in [0.2, 0.25) is 0 Å². The third-order valence-corrected chi connectivity index (χ3v) is 5.96. The minimum Gasteiger partial charge on any atom is -0.394 e. The van der Waals surface area contributed by atoms with Gasteiger partial charge in [-0.2, -0.15) is 0 Å².